The highest BCUT2D eigenvalue weighted by molar-refractivity contribution is 9.10. The second-order valence-corrected chi connectivity index (χ2v) is 7.04. The molecule has 114 valence electrons. The first kappa shape index (κ1) is 15.0. The molecule has 3 rings (SSSR count). The second-order valence-electron chi connectivity index (χ2n) is 6.18. The Hall–Kier alpha value is -0.910. The van der Waals surface area contributed by atoms with Crippen molar-refractivity contribution in [1.82, 2.24) is 9.80 Å². The van der Waals surface area contributed by atoms with Gasteiger partial charge in [-0.15, -0.1) is 0 Å². The fourth-order valence-corrected chi connectivity index (χ4v) is 4.00. The number of benzene rings is 1. The first-order valence-corrected chi connectivity index (χ1v) is 8.33. The Bertz CT molecular complexity index is 549. The van der Waals surface area contributed by atoms with E-state index in [0.29, 0.717) is 17.6 Å². The van der Waals surface area contributed by atoms with Gasteiger partial charge in [-0.25, -0.2) is 4.79 Å². The van der Waals surface area contributed by atoms with Crippen molar-refractivity contribution in [3.8, 4) is 0 Å². The third-order valence-corrected chi connectivity index (χ3v) is 5.48. The van der Waals surface area contributed by atoms with Crippen molar-refractivity contribution in [2.24, 2.45) is 0 Å². The van der Waals surface area contributed by atoms with Crippen LogP contribution in [0.3, 0.4) is 0 Å². The lowest BCUT2D eigenvalue weighted by Gasteiger charge is -2.42. The van der Waals surface area contributed by atoms with Gasteiger partial charge in [-0.2, -0.15) is 0 Å². The Balaban J connectivity index is 1.72. The number of piperazine rings is 1. The molecule has 2 fully saturated rings. The van der Waals surface area contributed by atoms with Crippen LogP contribution < -0.4 is 0 Å². The second kappa shape index (κ2) is 6.07. The minimum atomic E-state index is -0.879. The third-order valence-electron chi connectivity index (χ3n) is 4.74. The fourth-order valence-electron chi connectivity index (χ4n) is 3.50. The van der Waals surface area contributed by atoms with Gasteiger partial charge >= 0.3 is 5.97 Å². The summed E-state index contributed by atoms with van der Waals surface area (Å²) in [7, 11) is 0. The van der Waals surface area contributed by atoms with Crippen LogP contribution in [-0.4, -0.2) is 52.6 Å². The number of aromatic carboxylic acids is 1. The molecule has 1 aromatic rings. The minimum Gasteiger partial charge on any atom is -0.478 e. The van der Waals surface area contributed by atoms with Crippen LogP contribution in [0.15, 0.2) is 22.7 Å². The SMILES string of the molecule is CC1CN2CCCC2CN1Cc1ccc(C(=O)O)cc1Br. The molecule has 0 saturated carbocycles. The summed E-state index contributed by atoms with van der Waals surface area (Å²) < 4.78 is 0.892. The summed E-state index contributed by atoms with van der Waals surface area (Å²) in [5.41, 5.74) is 1.50. The lowest BCUT2D eigenvalue weighted by molar-refractivity contribution is 0.0539. The maximum absolute atomic E-state index is 11.0. The maximum Gasteiger partial charge on any atom is 0.335 e. The molecule has 0 aromatic heterocycles. The summed E-state index contributed by atoms with van der Waals surface area (Å²) in [5, 5.41) is 9.03. The normalized spacial score (nSPS) is 26.8. The van der Waals surface area contributed by atoms with Gasteiger partial charge in [0.1, 0.15) is 0 Å². The summed E-state index contributed by atoms with van der Waals surface area (Å²) in [5.74, 6) is -0.879. The van der Waals surface area contributed by atoms with Crippen molar-refractivity contribution in [2.45, 2.75) is 38.4 Å². The molecule has 2 heterocycles. The van der Waals surface area contributed by atoms with Crippen molar-refractivity contribution >= 4 is 21.9 Å². The van der Waals surface area contributed by atoms with E-state index < -0.39 is 5.97 Å². The Morgan fingerprint density at radius 2 is 2.24 bits per heavy atom. The fraction of sp³-hybridized carbons (Fsp3) is 0.562. The Kier molecular flexibility index (Phi) is 4.33. The van der Waals surface area contributed by atoms with Crippen LogP contribution in [0.5, 0.6) is 0 Å². The van der Waals surface area contributed by atoms with Crippen LogP contribution in [0.4, 0.5) is 0 Å². The Labute approximate surface area is 133 Å². The maximum atomic E-state index is 11.0. The number of carboxylic acid groups (broad SMARTS) is 1. The summed E-state index contributed by atoms with van der Waals surface area (Å²) in [6.45, 7) is 6.68. The number of fused-ring (bicyclic) bond motifs is 1. The molecule has 0 aliphatic carbocycles. The van der Waals surface area contributed by atoms with E-state index in [-0.39, 0.29) is 0 Å². The van der Waals surface area contributed by atoms with Crippen LogP contribution in [0.25, 0.3) is 0 Å². The molecule has 1 aromatic carbocycles. The number of nitrogens with zero attached hydrogens (tertiary/aromatic N) is 2. The van der Waals surface area contributed by atoms with E-state index in [1.54, 1.807) is 12.1 Å². The quantitative estimate of drug-likeness (QED) is 0.908. The van der Waals surface area contributed by atoms with E-state index in [2.05, 4.69) is 32.7 Å². The molecule has 0 amide bonds. The van der Waals surface area contributed by atoms with Crippen LogP contribution >= 0.6 is 15.9 Å². The highest BCUT2D eigenvalue weighted by Gasteiger charge is 2.34. The number of carbonyl (C=O) groups is 1. The third kappa shape index (κ3) is 3.15. The largest absolute Gasteiger partial charge is 0.478 e. The van der Waals surface area contributed by atoms with Crippen LogP contribution in [0, 0.1) is 0 Å². The van der Waals surface area contributed by atoms with E-state index in [0.717, 1.165) is 24.1 Å². The van der Waals surface area contributed by atoms with Gasteiger partial charge in [0.15, 0.2) is 0 Å². The number of halogens is 1. The van der Waals surface area contributed by atoms with Gasteiger partial charge in [0.05, 0.1) is 5.56 Å². The number of hydrogen-bond acceptors (Lipinski definition) is 3. The van der Waals surface area contributed by atoms with Gasteiger partial charge in [0, 0.05) is 36.2 Å². The van der Waals surface area contributed by atoms with E-state index in [1.807, 2.05) is 6.07 Å². The van der Waals surface area contributed by atoms with Crippen molar-refractivity contribution in [2.75, 3.05) is 19.6 Å². The highest BCUT2D eigenvalue weighted by Crippen LogP contribution is 2.27. The van der Waals surface area contributed by atoms with Crippen molar-refractivity contribution in [3.63, 3.8) is 0 Å². The molecule has 2 unspecified atom stereocenters. The van der Waals surface area contributed by atoms with E-state index >= 15 is 0 Å². The van der Waals surface area contributed by atoms with Crippen molar-refractivity contribution in [3.05, 3.63) is 33.8 Å². The monoisotopic (exact) mass is 352 g/mol. The molecule has 0 radical (unpaired) electrons. The van der Waals surface area contributed by atoms with Crippen molar-refractivity contribution in [1.29, 1.82) is 0 Å². The van der Waals surface area contributed by atoms with Crippen molar-refractivity contribution < 1.29 is 9.90 Å². The molecule has 2 aliphatic heterocycles. The standard InChI is InChI=1S/C16H21BrN2O2/c1-11-8-18-6-2-3-14(18)10-19(11)9-13-5-4-12(16(20)21)7-15(13)17/h4-5,7,11,14H,2-3,6,8-10H2,1H3,(H,20,21). The lowest BCUT2D eigenvalue weighted by atomic mass is 10.1. The van der Waals surface area contributed by atoms with Crippen LogP contribution in [0.1, 0.15) is 35.7 Å². The average molecular weight is 353 g/mol. The molecule has 0 bridgehead atoms. The molecular weight excluding hydrogens is 332 g/mol. The average Bonchev–Trinajstić information content (AvgIpc) is 2.88. The summed E-state index contributed by atoms with van der Waals surface area (Å²) in [4.78, 5) is 16.1. The predicted molar refractivity (Wildman–Crippen MR) is 85.6 cm³/mol. The van der Waals surface area contributed by atoms with Gasteiger partial charge in [0.2, 0.25) is 0 Å². The Morgan fingerprint density at radius 3 is 2.95 bits per heavy atom. The zero-order valence-corrected chi connectivity index (χ0v) is 13.8. The molecule has 2 aliphatic rings. The van der Waals surface area contributed by atoms with Gasteiger partial charge in [-0.05, 0) is 44.0 Å². The van der Waals surface area contributed by atoms with Crippen LogP contribution in [0.2, 0.25) is 0 Å². The van der Waals surface area contributed by atoms with Gasteiger partial charge in [-0.1, -0.05) is 22.0 Å². The molecule has 4 nitrogen and oxygen atoms in total. The number of rotatable bonds is 3. The molecule has 21 heavy (non-hydrogen) atoms. The smallest absolute Gasteiger partial charge is 0.335 e. The van der Waals surface area contributed by atoms with E-state index in [9.17, 15) is 4.79 Å². The first-order chi connectivity index (χ1) is 10.0. The van der Waals surface area contributed by atoms with Crippen LogP contribution in [-0.2, 0) is 6.54 Å². The number of carboxylic acids is 1. The Morgan fingerprint density at radius 1 is 1.43 bits per heavy atom. The molecule has 0 spiro atoms. The summed E-state index contributed by atoms with van der Waals surface area (Å²) >= 11 is 3.52. The zero-order valence-electron chi connectivity index (χ0n) is 12.3. The molecule has 5 heteroatoms. The first-order valence-electron chi connectivity index (χ1n) is 7.54. The molecule has 2 atom stereocenters. The summed E-state index contributed by atoms with van der Waals surface area (Å²) in [6, 6.07) is 6.58. The van der Waals surface area contributed by atoms with Gasteiger partial charge in [0.25, 0.3) is 0 Å². The zero-order chi connectivity index (χ0) is 15.0. The highest BCUT2D eigenvalue weighted by atomic mass is 79.9. The number of hydrogen-bond donors (Lipinski definition) is 1. The predicted octanol–water partition coefficient (Wildman–Crippen LogP) is 2.82. The molecule has 2 saturated heterocycles. The summed E-state index contributed by atoms with van der Waals surface area (Å²) in [6.07, 6.45) is 2.63. The topological polar surface area (TPSA) is 43.8 Å². The molecular formula is C16H21BrN2O2. The van der Waals surface area contributed by atoms with E-state index in [4.69, 9.17) is 5.11 Å². The minimum absolute atomic E-state index is 0.333. The molecule has 1 N–H and O–H groups in total. The van der Waals surface area contributed by atoms with Gasteiger partial charge < -0.3 is 5.11 Å². The van der Waals surface area contributed by atoms with E-state index in [1.165, 1.54) is 24.9 Å². The van der Waals surface area contributed by atoms with Gasteiger partial charge in [-0.3, -0.25) is 9.80 Å². The lowest BCUT2D eigenvalue weighted by Crippen LogP contribution is -2.54.